The van der Waals surface area contributed by atoms with Crippen LogP contribution in [0.25, 0.3) is 0 Å². The van der Waals surface area contributed by atoms with Crippen LogP contribution in [0.1, 0.15) is 32.5 Å². The van der Waals surface area contributed by atoms with Crippen molar-refractivity contribution in [3.63, 3.8) is 0 Å². The van der Waals surface area contributed by atoms with Gasteiger partial charge >= 0.3 is 5.97 Å². The minimum Gasteiger partial charge on any atom is -0.481 e. The fourth-order valence-electron chi connectivity index (χ4n) is 2.05. The van der Waals surface area contributed by atoms with Crippen molar-refractivity contribution in [3.05, 3.63) is 18.5 Å². The minimum absolute atomic E-state index is 0.242. The highest BCUT2D eigenvalue weighted by Crippen LogP contribution is 2.29. The van der Waals surface area contributed by atoms with Crippen LogP contribution in [0.5, 0.6) is 0 Å². The second-order valence-corrected chi connectivity index (χ2v) is 4.64. The van der Waals surface area contributed by atoms with Crippen molar-refractivity contribution in [1.29, 1.82) is 0 Å². The first-order chi connectivity index (χ1) is 9.61. The average molecular weight is 279 g/mol. The van der Waals surface area contributed by atoms with E-state index in [1.54, 1.807) is 11.0 Å². The van der Waals surface area contributed by atoms with Gasteiger partial charge in [-0.25, -0.2) is 14.3 Å². The molecule has 2 aromatic rings. The number of nitrogens with zero attached hydrogens (tertiary/aromatic N) is 7. The minimum atomic E-state index is -0.855. The smallest absolute Gasteiger partial charge is 0.311 e. The van der Waals surface area contributed by atoms with Gasteiger partial charge < -0.3 is 5.11 Å². The molecule has 0 bridgehead atoms. The molecule has 0 saturated carbocycles. The Morgan fingerprint density at radius 3 is 2.70 bits per heavy atom. The van der Waals surface area contributed by atoms with Gasteiger partial charge in [0.1, 0.15) is 19.2 Å². The van der Waals surface area contributed by atoms with E-state index in [9.17, 15) is 9.90 Å². The second-order valence-electron chi connectivity index (χ2n) is 4.64. The van der Waals surface area contributed by atoms with Gasteiger partial charge in [-0.15, -0.1) is 5.10 Å². The number of carboxylic acids is 1. The van der Waals surface area contributed by atoms with Crippen molar-refractivity contribution in [1.82, 2.24) is 35.0 Å². The molecule has 0 atom stereocenters. The molecule has 9 nitrogen and oxygen atoms in total. The molecule has 0 saturated heterocycles. The van der Waals surface area contributed by atoms with Crippen molar-refractivity contribution >= 4 is 5.97 Å². The van der Waals surface area contributed by atoms with Crippen LogP contribution in [0.3, 0.4) is 0 Å². The highest BCUT2D eigenvalue weighted by Gasteiger charge is 2.36. The highest BCUT2D eigenvalue weighted by atomic mass is 16.4. The van der Waals surface area contributed by atoms with Gasteiger partial charge in [-0.05, 0) is 23.3 Å². The van der Waals surface area contributed by atoms with E-state index in [2.05, 4.69) is 25.6 Å². The van der Waals surface area contributed by atoms with Crippen molar-refractivity contribution in [2.75, 3.05) is 0 Å². The van der Waals surface area contributed by atoms with Gasteiger partial charge in [0.05, 0.1) is 12.0 Å². The Labute approximate surface area is 115 Å². The van der Waals surface area contributed by atoms with Crippen LogP contribution < -0.4 is 0 Å². The predicted octanol–water partition coefficient (Wildman–Crippen LogP) is 0.204. The van der Waals surface area contributed by atoms with Crippen LogP contribution in [-0.4, -0.2) is 46.0 Å². The molecule has 0 aliphatic carbocycles. The summed E-state index contributed by atoms with van der Waals surface area (Å²) >= 11 is 0. The van der Waals surface area contributed by atoms with E-state index in [4.69, 9.17) is 0 Å². The number of carboxylic acid groups (broad SMARTS) is 1. The lowest BCUT2D eigenvalue weighted by molar-refractivity contribution is -0.150. The Morgan fingerprint density at radius 1 is 1.40 bits per heavy atom. The lowest BCUT2D eigenvalue weighted by Crippen LogP contribution is -2.35. The lowest BCUT2D eigenvalue weighted by Gasteiger charge is -2.26. The summed E-state index contributed by atoms with van der Waals surface area (Å²) in [6.45, 7) is 4.32. The quantitative estimate of drug-likeness (QED) is 0.770. The third-order valence-corrected chi connectivity index (χ3v) is 3.64. The Morgan fingerprint density at radius 2 is 2.15 bits per heavy atom. The van der Waals surface area contributed by atoms with Crippen molar-refractivity contribution in [2.45, 2.75) is 39.8 Å². The van der Waals surface area contributed by atoms with Gasteiger partial charge in [0.15, 0.2) is 5.82 Å². The lowest BCUT2D eigenvalue weighted by atomic mass is 9.82. The summed E-state index contributed by atoms with van der Waals surface area (Å²) in [4.78, 5) is 15.4. The molecule has 0 fully saturated rings. The van der Waals surface area contributed by atoms with Gasteiger partial charge in [-0.3, -0.25) is 4.79 Å². The Kier molecular flexibility index (Phi) is 4.06. The number of carbonyl (C=O) groups is 1. The Hall–Kier alpha value is -2.32. The molecule has 2 rings (SSSR count). The maximum Gasteiger partial charge on any atom is 0.311 e. The highest BCUT2D eigenvalue weighted by molar-refractivity contribution is 5.74. The first kappa shape index (κ1) is 14.1. The number of aromatic nitrogens is 7. The molecular weight excluding hydrogens is 262 g/mol. The number of hydrogen-bond acceptors (Lipinski definition) is 6. The largest absolute Gasteiger partial charge is 0.481 e. The predicted molar refractivity (Wildman–Crippen MR) is 67.6 cm³/mol. The molecule has 0 aliphatic heterocycles. The van der Waals surface area contributed by atoms with E-state index in [0.29, 0.717) is 25.2 Å². The van der Waals surface area contributed by atoms with E-state index in [1.807, 2.05) is 13.8 Å². The van der Waals surface area contributed by atoms with Crippen molar-refractivity contribution < 1.29 is 9.90 Å². The van der Waals surface area contributed by atoms with Gasteiger partial charge in [0.25, 0.3) is 0 Å². The Balaban J connectivity index is 2.21. The summed E-state index contributed by atoms with van der Waals surface area (Å²) in [5, 5.41) is 24.9. The third kappa shape index (κ3) is 2.65. The van der Waals surface area contributed by atoms with Crippen LogP contribution in [-0.2, 0) is 17.9 Å². The van der Waals surface area contributed by atoms with Crippen LogP contribution in [0.15, 0.2) is 12.7 Å². The standard InChI is InChI=1S/C11H17N7O2/c1-3-11(4-2,10(19)20)6-18-9(14-15-16-18)5-17-8-12-7-13-17/h7-8H,3-6H2,1-2H3,(H,19,20). The summed E-state index contributed by atoms with van der Waals surface area (Å²) in [6.07, 6.45) is 4.01. The molecule has 1 N–H and O–H groups in total. The van der Waals surface area contributed by atoms with E-state index >= 15 is 0 Å². The first-order valence-electron chi connectivity index (χ1n) is 6.42. The fraction of sp³-hybridized carbons (Fsp3) is 0.636. The third-order valence-electron chi connectivity index (χ3n) is 3.64. The molecule has 0 radical (unpaired) electrons. The van der Waals surface area contributed by atoms with Crippen LogP contribution in [0.2, 0.25) is 0 Å². The molecule has 2 aromatic heterocycles. The fourth-order valence-corrected chi connectivity index (χ4v) is 2.05. The molecule has 0 spiro atoms. The number of tetrazole rings is 1. The molecule has 20 heavy (non-hydrogen) atoms. The SMILES string of the molecule is CCC(CC)(Cn1nnnc1Cn1cncn1)C(=O)O. The Bertz CT molecular complexity index is 559. The second kappa shape index (κ2) is 5.76. The molecular formula is C11H17N7O2. The average Bonchev–Trinajstić information content (AvgIpc) is 3.08. The van der Waals surface area contributed by atoms with Gasteiger partial charge in [-0.1, -0.05) is 13.8 Å². The maximum absolute atomic E-state index is 11.5. The zero-order valence-electron chi connectivity index (χ0n) is 11.5. The zero-order valence-corrected chi connectivity index (χ0v) is 11.5. The van der Waals surface area contributed by atoms with E-state index in [-0.39, 0.29) is 6.54 Å². The van der Waals surface area contributed by atoms with Crippen LogP contribution in [0.4, 0.5) is 0 Å². The zero-order chi connectivity index (χ0) is 14.6. The first-order valence-corrected chi connectivity index (χ1v) is 6.42. The summed E-state index contributed by atoms with van der Waals surface area (Å²) in [6, 6.07) is 0. The summed E-state index contributed by atoms with van der Waals surface area (Å²) < 4.78 is 3.12. The van der Waals surface area contributed by atoms with E-state index in [0.717, 1.165) is 0 Å². The topological polar surface area (TPSA) is 112 Å². The van der Waals surface area contributed by atoms with Crippen molar-refractivity contribution in [3.8, 4) is 0 Å². The number of aliphatic carboxylic acids is 1. The molecule has 0 aliphatic rings. The molecule has 9 heteroatoms. The summed E-state index contributed by atoms with van der Waals surface area (Å²) in [5.74, 6) is -0.271. The number of hydrogen-bond donors (Lipinski definition) is 1. The monoisotopic (exact) mass is 279 g/mol. The van der Waals surface area contributed by atoms with E-state index in [1.165, 1.54) is 11.0 Å². The van der Waals surface area contributed by atoms with Gasteiger partial charge in [0.2, 0.25) is 0 Å². The normalized spacial score (nSPS) is 11.7. The molecule has 0 unspecified atom stereocenters. The number of rotatable bonds is 7. The molecule has 108 valence electrons. The van der Waals surface area contributed by atoms with Crippen LogP contribution in [0, 0.1) is 5.41 Å². The summed E-state index contributed by atoms with van der Waals surface area (Å²) in [5.41, 5.74) is -0.855. The molecule has 0 amide bonds. The van der Waals surface area contributed by atoms with Crippen molar-refractivity contribution in [2.24, 2.45) is 5.41 Å². The molecule has 2 heterocycles. The van der Waals surface area contributed by atoms with Crippen LogP contribution >= 0.6 is 0 Å². The van der Waals surface area contributed by atoms with E-state index < -0.39 is 11.4 Å². The molecule has 0 aromatic carbocycles. The maximum atomic E-state index is 11.5. The van der Waals surface area contributed by atoms with Gasteiger partial charge in [-0.2, -0.15) is 5.10 Å². The summed E-state index contributed by atoms with van der Waals surface area (Å²) in [7, 11) is 0. The van der Waals surface area contributed by atoms with Gasteiger partial charge in [0, 0.05) is 0 Å².